The third-order valence-corrected chi connectivity index (χ3v) is 7.75. The van der Waals surface area contributed by atoms with Crippen molar-refractivity contribution in [2.24, 2.45) is 16.6 Å². The van der Waals surface area contributed by atoms with Gasteiger partial charge in [-0.15, -0.1) is 0 Å². The van der Waals surface area contributed by atoms with Crippen molar-refractivity contribution in [3.05, 3.63) is 46.0 Å². The van der Waals surface area contributed by atoms with E-state index in [2.05, 4.69) is 67.1 Å². The molecular formula is C24H37N3S. The highest BCUT2D eigenvalue weighted by molar-refractivity contribution is 7.97. The molecule has 0 amide bonds. The van der Waals surface area contributed by atoms with E-state index in [4.69, 9.17) is 5.73 Å². The zero-order valence-electron chi connectivity index (χ0n) is 18.3. The molecule has 1 saturated heterocycles. The second-order valence-electron chi connectivity index (χ2n) is 8.63. The molecular weight excluding hydrogens is 362 g/mol. The first-order valence-corrected chi connectivity index (χ1v) is 11.7. The highest BCUT2D eigenvalue weighted by Gasteiger charge is 2.27. The van der Waals surface area contributed by atoms with E-state index < -0.39 is 0 Å². The summed E-state index contributed by atoms with van der Waals surface area (Å²) in [5, 5.41) is 0.626. The Balaban J connectivity index is 1.77. The van der Waals surface area contributed by atoms with Crippen molar-refractivity contribution in [2.45, 2.75) is 71.5 Å². The van der Waals surface area contributed by atoms with Crippen molar-refractivity contribution in [3.8, 4) is 0 Å². The first kappa shape index (κ1) is 21.4. The number of aliphatic imine (C=N–C) groups is 1. The maximum atomic E-state index is 6.30. The van der Waals surface area contributed by atoms with Crippen molar-refractivity contribution in [1.82, 2.24) is 4.31 Å². The van der Waals surface area contributed by atoms with Crippen molar-refractivity contribution >= 4 is 17.8 Å². The average Bonchev–Trinajstić information content (AvgIpc) is 2.65. The number of piperidine rings is 1. The molecule has 1 aromatic rings. The van der Waals surface area contributed by atoms with E-state index in [0.717, 1.165) is 18.0 Å². The predicted octanol–water partition coefficient (Wildman–Crippen LogP) is 5.60. The van der Waals surface area contributed by atoms with Gasteiger partial charge in [0.1, 0.15) is 5.84 Å². The van der Waals surface area contributed by atoms with Crippen LogP contribution >= 0.6 is 11.9 Å². The molecule has 0 aromatic heterocycles. The first-order valence-electron chi connectivity index (χ1n) is 10.9. The highest BCUT2D eigenvalue weighted by Crippen LogP contribution is 2.40. The number of rotatable bonds is 5. The summed E-state index contributed by atoms with van der Waals surface area (Å²) in [6.07, 6.45) is 7.69. The van der Waals surface area contributed by atoms with E-state index in [0.29, 0.717) is 17.0 Å². The van der Waals surface area contributed by atoms with Gasteiger partial charge in [-0.3, -0.25) is 9.30 Å². The number of benzene rings is 1. The van der Waals surface area contributed by atoms with E-state index in [1.54, 1.807) is 0 Å². The second kappa shape index (κ2) is 9.49. The largest absolute Gasteiger partial charge is 0.383 e. The molecule has 154 valence electrons. The normalized spacial score (nSPS) is 25.0. The van der Waals surface area contributed by atoms with Crippen molar-refractivity contribution in [3.63, 3.8) is 0 Å². The van der Waals surface area contributed by atoms with Gasteiger partial charge in [-0.05, 0) is 76.0 Å². The summed E-state index contributed by atoms with van der Waals surface area (Å²) in [4.78, 5) is 4.48. The fourth-order valence-electron chi connectivity index (χ4n) is 4.70. The van der Waals surface area contributed by atoms with Crippen molar-refractivity contribution in [2.75, 3.05) is 19.6 Å². The number of hydrogen-bond donors (Lipinski definition) is 1. The van der Waals surface area contributed by atoms with Crippen LogP contribution in [0.15, 0.2) is 28.8 Å². The van der Waals surface area contributed by atoms with Crippen LogP contribution in [-0.2, 0) is 0 Å². The number of nitrogens with zero attached hydrogens (tertiary/aromatic N) is 2. The summed E-state index contributed by atoms with van der Waals surface area (Å²) in [6.45, 7) is 14.3. The lowest BCUT2D eigenvalue weighted by Crippen LogP contribution is -2.30. The van der Waals surface area contributed by atoms with Crippen molar-refractivity contribution < 1.29 is 0 Å². The number of allylic oxidation sites excluding steroid dienone is 1. The molecule has 4 heteroatoms. The number of hydrogen-bond acceptors (Lipinski definition) is 3. The Morgan fingerprint density at radius 3 is 2.50 bits per heavy atom. The van der Waals surface area contributed by atoms with Gasteiger partial charge < -0.3 is 5.73 Å². The minimum atomic E-state index is 0.506. The molecule has 0 saturated carbocycles. The van der Waals surface area contributed by atoms with Crippen LogP contribution in [0.25, 0.3) is 0 Å². The van der Waals surface area contributed by atoms with E-state index in [9.17, 15) is 0 Å². The van der Waals surface area contributed by atoms with Gasteiger partial charge in [0, 0.05) is 36.4 Å². The number of nitrogens with two attached hydrogens (primary N) is 1. The van der Waals surface area contributed by atoms with Crippen LogP contribution in [0.4, 0.5) is 0 Å². The predicted molar refractivity (Wildman–Crippen MR) is 124 cm³/mol. The summed E-state index contributed by atoms with van der Waals surface area (Å²) in [6, 6.07) is 4.54. The molecule has 3 rings (SSSR count). The number of aryl methyl sites for hydroxylation is 1. The molecule has 0 spiro atoms. The number of amidine groups is 1. The van der Waals surface area contributed by atoms with Crippen molar-refractivity contribution in [1.29, 1.82) is 0 Å². The Morgan fingerprint density at radius 2 is 1.86 bits per heavy atom. The smallest absolute Gasteiger partial charge is 0.126 e. The fourth-order valence-corrected chi connectivity index (χ4v) is 6.02. The maximum Gasteiger partial charge on any atom is 0.126 e. The Morgan fingerprint density at radius 1 is 1.14 bits per heavy atom. The molecule has 1 aliphatic carbocycles. The lowest BCUT2D eigenvalue weighted by molar-refractivity contribution is 0.307. The van der Waals surface area contributed by atoms with Gasteiger partial charge in [0.25, 0.3) is 0 Å². The topological polar surface area (TPSA) is 41.6 Å². The van der Waals surface area contributed by atoms with Crippen LogP contribution in [-0.4, -0.2) is 35.0 Å². The van der Waals surface area contributed by atoms with Gasteiger partial charge in [-0.2, -0.15) is 0 Å². The second-order valence-corrected chi connectivity index (χ2v) is 9.96. The van der Waals surface area contributed by atoms with Gasteiger partial charge in [-0.1, -0.05) is 42.7 Å². The minimum Gasteiger partial charge on any atom is -0.383 e. The molecule has 2 N–H and O–H groups in total. The first-order chi connectivity index (χ1) is 13.4. The Bertz CT molecular complexity index is 744. The highest BCUT2D eigenvalue weighted by atomic mass is 32.2. The Kier molecular flexibility index (Phi) is 7.27. The molecule has 2 aliphatic rings. The van der Waals surface area contributed by atoms with Gasteiger partial charge in [0.2, 0.25) is 0 Å². The van der Waals surface area contributed by atoms with Crippen LogP contribution < -0.4 is 5.73 Å². The minimum absolute atomic E-state index is 0.506. The van der Waals surface area contributed by atoms with Gasteiger partial charge >= 0.3 is 0 Å². The monoisotopic (exact) mass is 399 g/mol. The molecule has 0 radical (unpaired) electrons. The van der Waals surface area contributed by atoms with Gasteiger partial charge in [0.05, 0.1) is 0 Å². The quantitative estimate of drug-likeness (QED) is 0.303. The molecule has 2 atom stereocenters. The fraction of sp³-hybridized carbons (Fsp3) is 0.625. The lowest BCUT2D eigenvalue weighted by Gasteiger charge is -2.34. The van der Waals surface area contributed by atoms with Crippen LogP contribution in [0, 0.1) is 19.8 Å². The molecule has 1 aliphatic heterocycles. The van der Waals surface area contributed by atoms with Crippen LogP contribution in [0.3, 0.4) is 0 Å². The molecule has 1 fully saturated rings. The Labute approximate surface area is 176 Å². The van der Waals surface area contributed by atoms with E-state index in [1.165, 1.54) is 61.0 Å². The third-order valence-electron chi connectivity index (χ3n) is 6.44. The zero-order valence-corrected chi connectivity index (χ0v) is 19.1. The van der Waals surface area contributed by atoms with E-state index in [1.807, 2.05) is 6.92 Å². The summed E-state index contributed by atoms with van der Waals surface area (Å²) >= 11 is 2.08. The van der Waals surface area contributed by atoms with Crippen LogP contribution in [0.5, 0.6) is 0 Å². The molecule has 2 unspecified atom stereocenters. The van der Waals surface area contributed by atoms with Gasteiger partial charge in [0.15, 0.2) is 0 Å². The van der Waals surface area contributed by atoms with E-state index >= 15 is 0 Å². The Hall–Kier alpha value is -1.26. The SMILES string of the molecule is CC/N=C(/N)c1c(C)ccc(C2CCC(SN3CCC(C)CC3)C=C2C)c1C. The zero-order chi connectivity index (χ0) is 20.3. The summed E-state index contributed by atoms with van der Waals surface area (Å²) in [5.41, 5.74) is 12.9. The summed E-state index contributed by atoms with van der Waals surface area (Å²) in [7, 11) is 0. The van der Waals surface area contributed by atoms with Crippen LogP contribution in [0.1, 0.15) is 74.6 Å². The summed E-state index contributed by atoms with van der Waals surface area (Å²) < 4.78 is 2.60. The van der Waals surface area contributed by atoms with Crippen LogP contribution in [0.2, 0.25) is 0 Å². The molecule has 1 aromatic carbocycles. The van der Waals surface area contributed by atoms with Gasteiger partial charge in [-0.25, -0.2) is 0 Å². The van der Waals surface area contributed by atoms with E-state index in [-0.39, 0.29) is 0 Å². The standard InChI is InChI=1S/C24H37N3S/c1-6-26-24(25)23-17(3)7-9-22(19(23)5)21-10-8-20(15-18(21)4)28-27-13-11-16(2)12-14-27/h7,9,15-16,20-21H,6,8,10-14H2,1-5H3,(H2,25,26). The lowest BCUT2D eigenvalue weighted by atomic mass is 9.79. The molecule has 0 bridgehead atoms. The molecule has 1 heterocycles. The average molecular weight is 400 g/mol. The molecule has 3 nitrogen and oxygen atoms in total. The third kappa shape index (κ3) is 4.83. The maximum absolute atomic E-state index is 6.30. The molecule has 28 heavy (non-hydrogen) atoms. The summed E-state index contributed by atoms with van der Waals surface area (Å²) in [5.74, 6) is 2.09.